The van der Waals surface area contributed by atoms with Gasteiger partial charge in [-0.1, -0.05) is 0 Å². The van der Waals surface area contributed by atoms with Crippen molar-refractivity contribution in [1.82, 2.24) is 0 Å². The lowest BCUT2D eigenvalue weighted by atomic mass is 10.0. The summed E-state index contributed by atoms with van der Waals surface area (Å²) in [5, 5.41) is 9.78. The van der Waals surface area contributed by atoms with Crippen molar-refractivity contribution in [3.63, 3.8) is 0 Å². The van der Waals surface area contributed by atoms with E-state index in [1.54, 1.807) is 0 Å². The fourth-order valence-corrected chi connectivity index (χ4v) is 1.78. The van der Waals surface area contributed by atoms with E-state index in [1.165, 1.54) is 19.2 Å². The molecule has 1 aliphatic carbocycles. The predicted molar refractivity (Wildman–Crippen MR) is 59.1 cm³/mol. The molecule has 0 saturated heterocycles. The minimum Gasteiger partial charge on any atom is -0.504 e. The number of phenolic OH excluding ortho intramolecular Hbond substituents is 1. The second kappa shape index (κ2) is 3.94. The van der Waals surface area contributed by atoms with Crippen LogP contribution in [0, 0.1) is 5.82 Å². The third-order valence-corrected chi connectivity index (χ3v) is 3.17. The molecule has 3 N–H and O–H groups in total. The van der Waals surface area contributed by atoms with Crippen LogP contribution in [0.15, 0.2) is 12.1 Å². The van der Waals surface area contributed by atoms with Crippen molar-refractivity contribution in [3.05, 3.63) is 23.5 Å². The first kappa shape index (κ1) is 11.2. The number of ether oxygens (including phenoxy) is 1. The summed E-state index contributed by atoms with van der Waals surface area (Å²) >= 11 is 0. The van der Waals surface area contributed by atoms with Gasteiger partial charge in [-0.15, -0.1) is 0 Å². The molecule has 4 heteroatoms. The molecule has 1 aliphatic rings. The van der Waals surface area contributed by atoms with Crippen molar-refractivity contribution in [2.24, 2.45) is 5.73 Å². The van der Waals surface area contributed by atoms with Crippen LogP contribution in [0.2, 0.25) is 0 Å². The number of benzene rings is 1. The van der Waals surface area contributed by atoms with E-state index in [2.05, 4.69) is 0 Å². The molecule has 0 aromatic heterocycles. The van der Waals surface area contributed by atoms with Gasteiger partial charge in [0.05, 0.1) is 7.11 Å². The van der Waals surface area contributed by atoms with Gasteiger partial charge in [0, 0.05) is 11.1 Å². The molecule has 0 heterocycles. The van der Waals surface area contributed by atoms with Crippen molar-refractivity contribution in [2.75, 3.05) is 7.11 Å². The van der Waals surface area contributed by atoms with Crippen molar-refractivity contribution in [1.29, 1.82) is 0 Å². The molecule has 1 aromatic carbocycles. The molecule has 0 radical (unpaired) electrons. The Labute approximate surface area is 94.0 Å². The quantitative estimate of drug-likeness (QED) is 0.823. The van der Waals surface area contributed by atoms with Crippen LogP contribution in [0.1, 0.15) is 24.8 Å². The number of hydrogen-bond acceptors (Lipinski definition) is 3. The number of hydrogen-bond donors (Lipinski definition) is 2. The summed E-state index contributed by atoms with van der Waals surface area (Å²) in [4.78, 5) is 0. The SMILES string of the molecule is COc1ccc(F)c(CCC2(N)CC2)c1O. The van der Waals surface area contributed by atoms with Gasteiger partial charge in [-0.2, -0.15) is 0 Å². The number of phenols is 1. The summed E-state index contributed by atoms with van der Waals surface area (Å²) in [5.74, 6) is -0.201. The van der Waals surface area contributed by atoms with Gasteiger partial charge in [-0.05, 0) is 37.8 Å². The van der Waals surface area contributed by atoms with Gasteiger partial charge in [-0.25, -0.2) is 4.39 Å². The van der Waals surface area contributed by atoms with Crippen LogP contribution >= 0.6 is 0 Å². The molecule has 0 atom stereocenters. The number of rotatable bonds is 4. The Balaban J connectivity index is 2.17. The Morgan fingerprint density at radius 2 is 2.19 bits per heavy atom. The van der Waals surface area contributed by atoms with E-state index in [1.807, 2.05) is 0 Å². The van der Waals surface area contributed by atoms with E-state index in [0.717, 1.165) is 12.8 Å². The Kier molecular flexibility index (Phi) is 2.76. The first-order chi connectivity index (χ1) is 7.56. The molecule has 1 fully saturated rings. The molecule has 1 saturated carbocycles. The van der Waals surface area contributed by atoms with E-state index in [4.69, 9.17) is 10.5 Å². The van der Waals surface area contributed by atoms with Crippen LogP contribution in [-0.2, 0) is 6.42 Å². The minimum absolute atomic E-state index is 0.105. The smallest absolute Gasteiger partial charge is 0.163 e. The summed E-state index contributed by atoms with van der Waals surface area (Å²) in [6.45, 7) is 0. The third kappa shape index (κ3) is 2.11. The highest BCUT2D eigenvalue weighted by atomic mass is 19.1. The Hall–Kier alpha value is -1.29. The second-order valence-electron chi connectivity index (χ2n) is 4.44. The zero-order valence-electron chi connectivity index (χ0n) is 9.29. The summed E-state index contributed by atoms with van der Waals surface area (Å²) in [6.07, 6.45) is 3.12. The molecule has 1 aromatic rings. The van der Waals surface area contributed by atoms with Crippen LogP contribution in [0.25, 0.3) is 0 Å². The van der Waals surface area contributed by atoms with Crippen LogP contribution in [-0.4, -0.2) is 17.8 Å². The summed E-state index contributed by atoms with van der Waals surface area (Å²) in [6, 6.07) is 2.73. The molecular formula is C12H16FNO2. The topological polar surface area (TPSA) is 55.5 Å². The average molecular weight is 225 g/mol. The largest absolute Gasteiger partial charge is 0.504 e. The fourth-order valence-electron chi connectivity index (χ4n) is 1.78. The van der Waals surface area contributed by atoms with Crippen LogP contribution < -0.4 is 10.5 Å². The lowest BCUT2D eigenvalue weighted by Gasteiger charge is -2.12. The molecule has 16 heavy (non-hydrogen) atoms. The fraction of sp³-hybridized carbons (Fsp3) is 0.500. The molecule has 0 amide bonds. The number of halogens is 1. The highest BCUT2D eigenvalue weighted by Crippen LogP contribution is 2.39. The van der Waals surface area contributed by atoms with E-state index in [0.29, 0.717) is 24.2 Å². The zero-order valence-corrected chi connectivity index (χ0v) is 9.29. The molecule has 0 aliphatic heterocycles. The Morgan fingerprint density at radius 1 is 1.50 bits per heavy atom. The molecule has 0 bridgehead atoms. The number of nitrogens with two attached hydrogens (primary N) is 1. The molecule has 88 valence electrons. The van der Waals surface area contributed by atoms with Gasteiger partial charge >= 0.3 is 0 Å². The lowest BCUT2D eigenvalue weighted by molar-refractivity contribution is 0.366. The normalized spacial score (nSPS) is 17.2. The molecular weight excluding hydrogens is 209 g/mol. The molecule has 0 unspecified atom stereocenters. The van der Waals surface area contributed by atoms with Crippen LogP contribution in [0.3, 0.4) is 0 Å². The lowest BCUT2D eigenvalue weighted by Crippen LogP contribution is -2.22. The summed E-state index contributed by atoms with van der Waals surface area (Å²) < 4.78 is 18.4. The van der Waals surface area contributed by atoms with Crippen molar-refractivity contribution in [2.45, 2.75) is 31.2 Å². The average Bonchev–Trinajstić information content (AvgIpc) is 2.97. The van der Waals surface area contributed by atoms with Gasteiger partial charge in [0.15, 0.2) is 11.5 Å². The number of aromatic hydroxyl groups is 1. The monoisotopic (exact) mass is 225 g/mol. The standard InChI is InChI=1S/C12H16FNO2/c1-16-10-3-2-9(13)8(11(10)15)4-5-12(14)6-7-12/h2-3,15H,4-7,14H2,1H3. The van der Waals surface area contributed by atoms with E-state index < -0.39 is 5.82 Å². The van der Waals surface area contributed by atoms with Crippen LogP contribution in [0.4, 0.5) is 4.39 Å². The maximum atomic E-state index is 13.5. The van der Waals surface area contributed by atoms with Gasteiger partial charge < -0.3 is 15.6 Å². The van der Waals surface area contributed by atoms with Gasteiger partial charge in [0.25, 0.3) is 0 Å². The second-order valence-corrected chi connectivity index (χ2v) is 4.44. The first-order valence-corrected chi connectivity index (χ1v) is 5.39. The highest BCUT2D eigenvalue weighted by molar-refractivity contribution is 5.46. The number of methoxy groups -OCH3 is 1. The first-order valence-electron chi connectivity index (χ1n) is 5.39. The summed E-state index contributed by atoms with van der Waals surface area (Å²) in [7, 11) is 1.45. The predicted octanol–water partition coefficient (Wildman–Crippen LogP) is 1.96. The van der Waals surface area contributed by atoms with Crippen molar-refractivity contribution in [3.8, 4) is 11.5 Å². The third-order valence-electron chi connectivity index (χ3n) is 3.17. The Morgan fingerprint density at radius 3 is 2.75 bits per heavy atom. The van der Waals surface area contributed by atoms with Gasteiger partial charge in [0.1, 0.15) is 5.82 Å². The summed E-state index contributed by atoms with van der Waals surface area (Å²) in [5.41, 5.74) is 6.09. The van der Waals surface area contributed by atoms with E-state index in [-0.39, 0.29) is 11.3 Å². The molecule has 2 rings (SSSR count). The maximum absolute atomic E-state index is 13.5. The van der Waals surface area contributed by atoms with E-state index in [9.17, 15) is 9.50 Å². The van der Waals surface area contributed by atoms with Crippen molar-refractivity contribution < 1.29 is 14.2 Å². The van der Waals surface area contributed by atoms with Crippen molar-refractivity contribution >= 4 is 0 Å². The Bertz CT molecular complexity index is 402. The van der Waals surface area contributed by atoms with Gasteiger partial charge in [-0.3, -0.25) is 0 Å². The molecule has 3 nitrogen and oxygen atoms in total. The molecule has 0 spiro atoms. The van der Waals surface area contributed by atoms with E-state index >= 15 is 0 Å². The van der Waals surface area contributed by atoms with Crippen LogP contribution in [0.5, 0.6) is 11.5 Å². The zero-order chi connectivity index (χ0) is 11.8. The maximum Gasteiger partial charge on any atom is 0.163 e. The minimum atomic E-state index is -0.400. The highest BCUT2D eigenvalue weighted by Gasteiger charge is 2.37. The van der Waals surface area contributed by atoms with Gasteiger partial charge in [0.2, 0.25) is 0 Å².